The Kier molecular flexibility index (Phi) is 3.83. The normalized spacial score (nSPS) is 10.9. The third kappa shape index (κ3) is 3.12. The van der Waals surface area contributed by atoms with Crippen LogP contribution in [-0.2, 0) is 4.79 Å². The number of rotatable bonds is 3. The highest BCUT2D eigenvalue weighted by Gasteiger charge is 2.09. The fourth-order valence-corrected chi connectivity index (χ4v) is 1.98. The topological polar surface area (TPSA) is 56.5 Å². The molecule has 0 atom stereocenters. The maximum absolute atomic E-state index is 11.8. The molecule has 0 bridgehead atoms. The summed E-state index contributed by atoms with van der Waals surface area (Å²) in [6, 6.07) is 17.8. The molecule has 0 unspecified atom stereocenters. The van der Waals surface area contributed by atoms with E-state index >= 15 is 0 Å². The van der Waals surface area contributed by atoms with Crippen molar-refractivity contribution in [1.82, 2.24) is 0 Å². The van der Waals surface area contributed by atoms with E-state index in [9.17, 15) is 9.59 Å². The molecule has 22 heavy (non-hydrogen) atoms. The van der Waals surface area contributed by atoms with Gasteiger partial charge in [-0.2, -0.15) is 0 Å². The van der Waals surface area contributed by atoms with Gasteiger partial charge in [0, 0.05) is 11.5 Å². The predicted octanol–water partition coefficient (Wildman–Crippen LogP) is 3.41. The lowest BCUT2D eigenvalue weighted by Gasteiger charge is -2.01. The molecule has 4 nitrogen and oxygen atoms in total. The third-order valence-corrected chi connectivity index (χ3v) is 3.03. The van der Waals surface area contributed by atoms with Crippen molar-refractivity contribution in [2.45, 2.75) is 0 Å². The largest absolute Gasteiger partial charge is 0.420 e. The van der Waals surface area contributed by atoms with Gasteiger partial charge in [-0.1, -0.05) is 48.5 Å². The molecule has 0 aliphatic carbocycles. The Bertz CT molecular complexity index is 892. The zero-order valence-electron chi connectivity index (χ0n) is 11.6. The molecular formula is C18H12O4. The van der Waals surface area contributed by atoms with Crippen molar-refractivity contribution in [1.29, 1.82) is 0 Å². The van der Waals surface area contributed by atoms with E-state index in [4.69, 9.17) is 9.15 Å². The van der Waals surface area contributed by atoms with Gasteiger partial charge in [0.1, 0.15) is 5.58 Å². The van der Waals surface area contributed by atoms with Gasteiger partial charge in [0.05, 0.1) is 0 Å². The number of carbonyl (C=O) groups excluding carboxylic acids is 1. The van der Waals surface area contributed by atoms with Crippen LogP contribution in [0.5, 0.6) is 5.75 Å². The molecule has 0 saturated carbocycles. The average molecular weight is 292 g/mol. The lowest BCUT2D eigenvalue weighted by Crippen LogP contribution is -2.11. The van der Waals surface area contributed by atoms with E-state index in [0.29, 0.717) is 11.0 Å². The summed E-state index contributed by atoms with van der Waals surface area (Å²) in [5.74, 6) is -0.757. The van der Waals surface area contributed by atoms with Crippen molar-refractivity contribution in [2.75, 3.05) is 0 Å². The van der Waals surface area contributed by atoms with Crippen LogP contribution in [0, 0.1) is 0 Å². The van der Waals surface area contributed by atoms with Gasteiger partial charge in [-0.05, 0) is 23.8 Å². The van der Waals surface area contributed by atoms with Gasteiger partial charge >= 0.3 is 11.6 Å². The zero-order chi connectivity index (χ0) is 15.4. The summed E-state index contributed by atoms with van der Waals surface area (Å²) in [6.45, 7) is 0. The second-order valence-electron chi connectivity index (χ2n) is 4.60. The summed E-state index contributed by atoms with van der Waals surface area (Å²) >= 11 is 0. The van der Waals surface area contributed by atoms with E-state index in [-0.39, 0.29) is 5.75 Å². The molecule has 0 saturated heterocycles. The molecule has 1 aromatic heterocycles. The Morgan fingerprint density at radius 1 is 1.00 bits per heavy atom. The van der Waals surface area contributed by atoms with Crippen molar-refractivity contribution in [3.63, 3.8) is 0 Å². The van der Waals surface area contributed by atoms with E-state index in [2.05, 4.69) is 0 Å². The van der Waals surface area contributed by atoms with Gasteiger partial charge in [-0.15, -0.1) is 0 Å². The van der Waals surface area contributed by atoms with Crippen molar-refractivity contribution < 1.29 is 13.9 Å². The molecule has 0 aliphatic rings. The van der Waals surface area contributed by atoms with E-state index in [0.717, 1.165) is 5.56 Å². The van der Waals surface area contributed by atoms with Crippen LogP contribution in [0.4, 0.5) is 0 Å². The van der Waals surface area contributed by atoms with Crippen LogP contribution in [0.15, 0.2) is 76.0 Å². The number of para-hydroxylation sites is 1. The number of fused-ring (bicyclic) bond motifs is 1. The molecule has 108 valence electrons. The quantitative estimate of drug-likeness (QED) is 0.422. The Morgan fingerprint density at radius 2 is 1.73 bits per heavy atom. The number of ether oxygens (including phenoxy) is 1. The zero-order valence-corrected chi connectivity index (χ0v) is 11.6. The first-order chi connectivity index (χ1) is 10.7. The summed E-state index contributed by atoms with van der Waals surface area (Å²) in [4.78, 5) is 23.6. The minimum atomic E-state index is -0.680. The minimum absolute atomic E-state index is 0.124. The molecule has 0 fully saturated rings. The van der Waals surface area contributed by atoms with Crippen LogP contribution in [0.2, 0.25) is 0 Å². The summed E-state index contributed by atoms with van der Waals surface area (Å²) in [5, 5.41) is 0.692. The maximum Gasteiger partial charge on any atom is 0.379 e. The first kappa shape index (κ1) is 13.8. The summed E-state index contributed by atoms with van der Waals surface area (Å²) < 4.78 is 10.1. The fraction of sp³-hybridized carbons (Fsp3) is 0. The van der Waals surface area contributed by atoms with Crippen molar-refractivity contribution in [3.8, 4) is 5.75 Å². The van der Waals surface area contributed by atoms with Crippen LogP contribution < -0.4 is 10.4 Å². The monoisotopic (exact) mass is 292 g/mol. The van der Waals surface area contributed by atoms with Gasteiger partial charge in [-0.25, -0.2) is 9.59 Å². The predicted molar refractivity (Wildman–Crippen MR) is 83.6 cm³/mol. The number of benzene rings is 2. The number of hydrogen-bond donors (Lipinski definition) is 0. The molecule has 0 N–H and O–H groups in total. The van der Waals surface area contributed by atoms with Crippen molar-refractivity contribution in [2.24, 2.45) is 0 Å². The van der Waals surface area contributed by atoms with Crippen LogP contribution >= 0.6 is 0 Å². The highest BCUT2D eigenvalue weighted by molar-refractivity contribution is 5.89. The Morgan fingerprint density at radius 3 is 2.55 bits per heavy atom. The van der Waals surface area contributed by atoms with Gasteiger partial charge in [-0.3, -0.25) is 0 Å². The second-order valence-corrected chi connectivity index (χ2v) is 4.60. The molecular weight excluding hydrogens is 280 g/mol. The second kappa shape index (κ2) is 6.10. The molecule has 1 heterocycles. The molecule has 0 radical (unpaired) electrons. The first-order valence-corrected chi connectivity index (χ1v) is 6.70. The van der Waals surface area contributed by atoms with E-state index < -0.39 is 11.6 Å². The maximum atomic E-state index is 11.8. The number of carbonyl (C=O) groups is 1. The number of hydrogen-bond acceptors (Lipinski definition) is 4. The highest BCUT2D eigenvalue weighted by Crippen LogP contribution is 2.16. The lowest BCUT2D eigenvalue weighted by molar-refractivity contribution is -0.129. The smallest absolute Gasteiger partial charge is 0.379 e. The van der Waals surface area contributed by atoms with Crippen LogP contribution in [0.1, 0.15) is 5.56 Å². The van der Waals surface area contributed by atoms with Gasteiger partial charge in [0.2, 0.25) is 5.75 Å². The highest BCUT2D eigenvalue weighted by atomic mass is 16.5. The molecule has 4 heteroatoms. The van der Waals surface area contributed by atoms with Gasteiger partial charge in [0.15, 0.2) is 0 Å². The van der Waals surface area contributed by atoms with Crippen molar-refractivity contribution >= 4 is 23.0 Å². The van der Waals surface area contributed by atoms with Crippen LogP contribution in [0.25, 0.3) is 17.0 Å². The SMILES string of the molecule is O=C(C=Cc1ccccc1)Oc1cc2ccccc2oc1=O. The molecule has 3 aromatic rings. The van der Waals surface area contributed by atoms with Crippen LogP contribution in [-0.4, -0.2) is 5.97 Å². The van der Waals surface area contributed by atoms with E-state index in [1.807, 2.05) is 36.4 Å². The van der Waals surface area contributed by atoms with E-state index in [1.165, 1.54) is 12.1 Å². The Balaban J connectivity index is 1.81. The average Bonchev–Trinajstić information content (AvgIpc) is 2.55. The fourth-order valence-electron chi connectivity index (χ4n) is 1.98. The molecule has 3 rings (SSSR count). The first-order valence-electron chi connectivity index (χ1n) is 6.70. The Labute approximate surface area is 126 Å². The van der Waals surface area contributed by atoms with Crippen LogP contribution in [0.3, 0.4) is 0 Å². The summed E-state index contributed by atoms with van der Waals surface area (Å²) in [7, 11) is 0. The standard InChI is InChI=1S/C18H12O4/c19-17(11-10-13-6-2-1-3-7-13)21-16-12-14-8-4-5-9-15(14)22-18(16)20/h1-12H. The van der Waals surface area contributed by atoms with Crippen molar-refractivity contribution in [3.05, 3.63) is 82.7 Å². The minimum Gasteiger partial charge on any atom is -0.420 e. The lowest BCUT2D eigenvalue weighted by atomic mass is 10.2. The third-order valence-electron chi connectivity index (χ3n) is 3.03. The molecule has 0 spiro atoms. The van der Waals surface area contributed by atoms with Gasteiger partial charge < -0.3 is 9.15 Å². The molecule has 0 amide bonds. The Hall–Kier alpha value is -3.14. The summed E-state index contributed by atoms with van der Waals surface area (Å²) in [6.07, 6.45) is 2.88. The molecule has 2 aromatic carbocycles. The molecule has 0 aliphatic heterocycles. The summed E-state index contributed by atoms with van der Waals surface area (Å²) in [5.41, 5.74) is 0.636. The van der Waals surface area contributed by atoms with E-state index in [1.54, 1.807) is 24.3 Å². The number of esters is 1. The van der Waals surface area contributed by atoms with Gasteiger partial charge in [0.25, 0.3) is 0 Å².